The molecule has 0 atom stereocenters. The van der Waals surface area contributed by atoms with Gasteiger partial charge in [0.15, 0.2) is 0 Å². The van der Waals surface area contributed by atoms with Crippen molar-refractivity contribution in [2.24, 2.45) is 5.92 Å². The Morgan fingerprint density at radius 1 is 1.38 bits per heavy atom. The van der Waals surface area contributed by atoms with Crippen LogP contribution in [0.15, 0.2) is 33.7 Å². The van der Waals surface area contributed by atoms with E-state index in [0.29, 0.717) is 5.92 Å². The Hall–Kier alpha value is -1.50. The first-order chi connectivity index (χ1) is 11.1. The molecule has 1 aliphatic heterocycles. The number of hydrogen-bond acceptors (Lipinski definition) is 5. The maximum absolute atomic E-state index is 12.4. The van der Waals surface area contributed by atoms with Crippen molar-refractivity contribution in [3.8, 4) is 0 Å². The predicted octanol–water partition coefficient (Wildman–Crippen LogP) is 2.95. The molecule has 0 saturated carbocycles. The SMILES string of the molecule is Cc1noc(C)c1CSc1ccccc1C(=O)NCC1CNC1.Cl. The maximum Gasteiger partial charge on any atom is 0.252 e. The fourth-order valence-corrected chi connectivity index (χ4v) is 3.67. The third kappa shape index (κ3) is 4.32. The molecule has 0 unspecified atom stereocenters. The van der Waals surface area contributed by atoms with Crippen LogP contribution in [0.3, 0.4) is 0 Å². The van der Waals surface area contributed by atoms with E-state index in [9.17, 15) is 4.79 Å². The lowest BCUT2D eigenvalue weighted by molar-refractivity contribution is 0.0939. The molecule has 0 aliphatic carbocycles. The van der Waals surface area contributed by atoms with Gasteiger partial charge < -0.3 is 15.2 Å². The normalized spacial score (nSPS) is 13.9. The topological polar surface area (TPSA) is 67.2 Å². The number of carbonyl (C=O) groups excluding carboxylic acids is 1. The zero-order valence-electron chi connectivity index (χ0n) is 13.8. The lowest BCUT2D eigenvalue weighted by Crippen LogP contribution is -2.48. The summed E-state index contributed by atoms with van der Waals surface area (Å²) >= 11 is 1.64. The van der Waals surface area contributed by atoms with Gasteiger partial charge in [-0.15, -0.1) is 24.2 Å². The largest absolute Gasteiger partial charge is 0.361 e. The van der Waals surface area contributed by atoms with E-state index in [0.717, 1.165) is 52.9 Å². The summed E-state index contributed by atoms with van der Waals surface area (Å²) in [4.78, 5) is 13.4. The minimum atomic E-state index is -0.00115. The smallest absolute Gasteiger partial charge is 0.252 e. The average Bonchev–Trinajstić information content (AvgIpc) is 2.82. The van der Waals surface area contributed by atoms with E-state index in [1.165, 1.54) is 0 Å². The second-order valence-electron chi connectivity index (χ2n) is 5.82. The number of amides is 1. The van der Waals surface area contributed by atoms with Crippen LogP contribution in [0.2, 0.25) is 0 Å². The lowest BCUT2D eigenvalue weighted by atomic mass is 10.0. The van der Waals surface area contributed by atoms with Crippen molar-refractivity contribution in [2.45, 2.75) is 24.5 Å². The number of rotatable bonds is 6. The molecule has 7 heteroatoms. The summed E-state index contributed by atoms with van der Waals surface area (Å²) in [6, 6.07) is 7.73. The van der Waals surface area contributed by atoms with Gasteiger partial charge in [-0.05, 0) is 26.0 Å². The van der Waals surface area contributed by atoms with Gasteiger partial charge in [0.2, 0.25) is 0 Å². The minimum Gasteiger partial charge on any atom is -0.361 e. The third-order valence-corrected chi connectivity index (χ3v) is 5.20. The average molecular weight is 368 g/mol. The van der Waals surface area contributed by atoms with Crippen molar-refractivity contribution in [1.29, 1.82) is 0 Å². The van der Waals surface area contributed by atoms with Gasteiger partial charge in [0, 0.05) is 41.8 Å². The van der Waals surface area contributed by atoms with Crippen LogP contribution in [0.25, 0.3) is 0 Å². The van der Waals surface area contributed by atoms with Crippen LogP contribution in [0.1, 0.15) is 27.4 Å². The maximum atomic E-state index is 12.4. The molecule has 3 rings (SSSR count). The molecule has 0 bridgehead atoms. The number of thioether (sulfide) groups is 1. The summed E-state index contributed by atoms with van der Waals surface area (Å²) in [6.07, 6.45) is 0. The Labute approximate surface area is 152 Å². The second-order valence-corrected chi connectivity index (χ2v) is 6.84. The Bertz CT molecular complexity index is 681. The molecule has 2 heterocycles. The van der Waals surface area contributed by atoms with Crippen LogP contribution in [0.4, 0.5) is 0 Å². The van der Waals surface area contributed by atoms with Crippen LogP contribution in [0, 0.1) is 19.8 Å². The monoisotopic (exact) mass is 367 g/mol. The second kappa shape index (κ2) is 8.55. The van der Waals surface area contributed by atoms with Crippen LogP contribution >= 0.6 is 24.2 Å². The van der Waals surface area contributed by atoms with Gasteiger partial charge in [0.25, 0.3) is 5.91 Å². The third-order valence-electron chi connectivity index (χ3n) is 4.10. The summed E-state index contributed by atoms with van der Waals surface area (Å²) in [5, 5.41) is 10.2. The predicted molar refractivity (Wildman–Crippen MR) is 97.9 cm³/mol. The lowest BCUT2D eigenvalue weighted by Gasteiger charge is -2.27. The quantitative estimate of drug-likeness (QED) is 0.768. The van der Waals surface area contributed by atoms with E-state index in [1.54, 1.807) is 11.8 Å². The van der Waals surface area contributed by atoms with Crippen LogP contribution in [0.5, 0.6) is 0 Å². The summed E-state index contributed by atoms with van der Waals surface area (Å²) < 4.78 is 5.20. The highest BCUT2D eigenvalue weighted by Crippen LogP contribution is 2.28. The zero-order valence-corrected chi connectivity index (χ0v) is 15.4. The Morgan fingerprint density at radius 3 is 2.75 bits per heavy atom. The number of carbonyl (C=O) groups is 1. The van der Waals surface area contributed by atoms with Gasteiger partial charge in [0.1, 0.15) is 5.76 Å². The Kier molecular flexibility index (Phi) is 6.71. The molecular formula is C17H22ClN3O2S. The molecule has 5 nitrogen and oxygen atoms in total. The molecular weight excluding hydrogens is 346 g/mol. The molecule has 2 aromatic rings. The first-order valence-corrected chi connectivity index (χ1v) is 8.76. The first-order valence-electron chi connectivity index (χ1n) is 7.77. The number of aromatic nitrogens is 1. The summed E-state index contributed by atoms with van der Waals surface area (Å²) in [5.41, 5.74) is 2.75. The van der Waals surface area contributed by atoms with E-state index in [4.69, 9.17) is 4.52 Å². The Morgan fingerprint density at radius 2 is 2.12 bits per heavy atom. The van der Waals surface area contributed by atoms with Crippen molar-refractivity contribution in [3.63, 3.8) is 0 Å². The molecule has 1 fully saturated rings. The molecule has 1 amide bonds. The fourth-order valence-electron chi connectivity index (χ4n) is 2.46. The molecule has 0 radical (unpaired) electrons. The number of nitrogens with zero attached hydrogens (tertiary/aromatic N) is 1. The highest BCUT2D eigenvalue weighted by molar-refractivity contribution is 7.98. The fraction of sp³-hybridized carbons (Fsp3) is 0.412. The van der Waals surface area contributed by atoms with E-state index in [1.807, 2.05) is 38.1 Å². The van der Waals surface area contributed by atoms with Gasteiger partial charge in [-0.2, -0.15) is 0 Å². The van der Waals surface area contributed by atoms with Crippen molar-refractivity contribution in [1.82, 2.24) is 15.8 Å². The van der Waals surface area contributed by atoms with Crippen molar-refractivity contribution in [2.75, 3.05) is 19.6 Å². The number of hydrogen-bond donors (Lipinski definition) is 2. The minimum absolute atomic E-state index is 0. The molecule has 1 aliphatic rings. The first kappa shape index (κ1) is 18.8. The van der Waals surface area contributed by atoms with E-state index >= 15 is 0 Å². The van der Waals surface area contributed by atoms with Crippen molar-refractivity contribution in [3.05, 3.63) is 46.8 Å². The van der Waals surface area contributed by atoms with Crippen molar-refractivity contribution >= 4 is 30.1 Å². The van der Waals surface area contributed by atoms with E-state index in [-0.39, 0.29) is 18.3 Å². The number of aryl methyl sites for hydroxylation is 2. The number of nitrogens with one attached hydrogen (secondary N) is 2. The molecule has 1 aromatic heterocycles. The van der Waals surface area contributed by atoms with E-state index < -0.39 is 0 Å². The van der Waals surface area contributed by atoms with Gasteiger partial charge in [-0.25, -0.2) is 0 Å². The summed E-state index contributed by atoms with van der Waals surface area (Å²) in [7, 11) is 0. The van der Waals surface area contributed by atoms with Crippen LogP contribution in [-0.4, -0.2) is 30.7 Å². The molecule has 2 N–H and O–H groups in total. The van der Waals surface area contributed by atoms with Crippen molar-refractivity contribution < 1.29 is 9.32 Å². The summed E-state index contributed by atoms with van der Waals surface area (Å²) in [6.45, 7) is 6.57. The van der Waals surface area contributed by atoms with E-state index in [2.05, 4.69) is 15.8 Å². The highest BCUT2D eigenvalue weighted by atomic mass is 35.5. The highest BCUT2D eigenvalue weighted by Gasteiger charge is 2.19. The molecule has 1 aromatic carbocycles. The van der Waals surface area contributed by atoms with Gasteiger partial charge in [0.05, 0.1) is 11.3 Å². The van der Waals surface area contributed by atoms with Crippen LogP contribution < -0.4 is 10.6 Å². The number of benzene rings is 1. The van der Waals surface area contributed by atoms with Crippen LogP contribution in [-0.2, 0) is 5.75 Å². The zero-order chi connectivity index (χ0) is 16.2. The molecule has 0 spiro atoms. The number of halogens is 1. The van der Waals surface area contributed by atoms with Gasteiger partial charge >= 0.3 is 0 Å². The van der Waals surface area contributed by atoms with Gasteiger partial charge in [-0.3, -0.25) is 4.79 Å². The van der Waals surface area contributed by atoms with Gasteiger partial charge in [-0.1, -0.05) is 17.3 Å². The molecule has 130 valence electrons. The standard InChI is InChI=1S/C17H21N3O2S.ClH/c1-11-15(12(2)22-20-11)10-23-16-6-4-3-5-14(16)17(21)19-9-13-7-18-8-13;/h3-6,13,18H,7-10H2,1-2H3,(H,19,21);1H. The molecule has 1 saturated heterocycles. The Balaban J connectivity index is 0.00000208. The molecule has 24 heavy (non-hydrogen) atoms. The summed E-state index contributed by atoms with van der Waals surface area (Å²) in [5.74, 6) is 2.15.